The molecule has 0 fully saturated rings. The minimum Gasteiger partial charge on any atom is -0.465 e. The molecule has 0 saturated heterocycles. The van der Waals surface area contributed by atoms with Gasteiger partial charge in [-0.1, -0.05) is 24.3 Å². The molecule has 0 aliphatic rings. The number of nitrogens with two attached hydrogens (primary N) is 1. The van der Waals surface area contributed by atoms with E-state index in [2.05, 4.69) is 5.32 Å². The summed E-state index contributed by atoms with van der Waals surface area (Å²) in [4.78, 5) is 23.7. The Morgan fingerprint density at radius 3 is 2.64 bits per heavy atom. The number of hydrogen-bond acceptors (Lipinski definition) is 4. The number of rotatable bonds is 5. The number of carbonyl (C=O) groups excluding carboxylic acids is 2. The zero-order valence-electron chi connectivity index (χ0n) is 12.3. The van der Waals surface area contributed by atoms with E-state index in [-0.39, 0.29) is 5.91 Å². The number of nitrogen functional groups attached to an aromatic ring is 1. The average Bonchev–Trinajstić information content (AvgIpc) is 2.53. The lowest BCUT2D eigenvalue weighted by atomic mass is 10.1. The van der Waals surface area contributed by atoms with Crippen molar-refractivity contribution in [1.29, 1.82) is 0 Å². The molecule has 0 atom stereocenters. The molecular formula is C17H18N2O3. The minimum atomic E-state index is -0.480. The summed E-state index contributed by atoms with van der Waals surface area (Å²) in [6.07, 6.45) is 0.885. The van der Waals surface area contributed by atoms with Crippen molar-refractivity contribution in [2.24, 2.45) is 0 Å². The van der Waals surface area contributed by atoms with Crippen LogP contribution in [0.25, 0.3) is 0 Å². The molecule has 0 radical (unpaired) electrons. The Morgan fingerprint density at radius 2 is 1.91 bits per heavy atom. The van der Waals surface area contributed by atoms with Crippen LogP contribution < -0.4 is 11.1 Å². The van der Waals surface area contributed by atoms with Crippen molar-refractivity contribution < 1.29 is 14.3 Å². The van der Waals surface area contributed by atoms with Gasteiger partial charge in [-0.3, -0.25) is 4.79 Å². The number of aryl methyl sites for hydroxylation is 1. The van der Waals surface area contributed by atoms with Crippen LogP contribution in [0.15, 0.2) is 48.5 Å². The monoisotopic (exact) mass is 298 g/mol. The Morgan fingerprint density at radius 1 is 1.14 bits per heavy atom. The van der Waals surface area contributed by atoms with E-state index < -0.39 is 5.97 Å². The molecule has 2 rings (SSSR count). The number of anilines is 2. The lowest BCUT2D eigenvalue weighted by Crippen LogP contribution is -2.15. The van der Waals surface area contributed by atoms with Gasteiger partial charge in [0.25, 0.3) is 0 Å². The standard InChI is InChI=1S/C17H18N2O3/c1-22-17(21)14-7-2-3-8-15(14)19-16(20)10-9-12-5-4-6-13(18)11-12/h2-8,11H,9-10,18H2,1H3,(H,19,20). The molecule has 5 heteroatoms. The van der Waals surface area contributed by atoms with Crippen molar-refractivity contribution >= 4 is 23.3 Å². The van der Waals surface area contributed by atoms with Crippen LogP contribution >= 0.6 is 0 Å². The van der Waals surface area contributed by atoms with Gasteiger partial charge in [0, 0.05) is 12.1 Å². The van der Waals surface area contributed by atoms with Gasteiger partial charge in [0.1, 0.15) is 0 Å². The summed E-state index contributed by atoms with van der Waals surface area (Å²) in [7, 11) is 1.31. The summed E-state index contributed by atoms with van der Waals surface area (Å²) in [5.41, 5.74) is 8.16. The highest BCUT2D eigenvalue weighted by Crippen LogP contribution is 2.17. The first-order chi connectivity index (χ1) is 10.6. The smallest absolute Gasteiger partial charge is 0.339 e. The number of carbonyl (C=O) groups is 2. The molecule has 2 aromatic carbocycles. The molecular weight excluding hydrogens is 280 g/mol. The summed E-state index contributed by atoms with van der Waals surface area (Å²) < 4.78 is 4.70. The normalized spacial score (nSPS) is 10.0. The second-order valence-corrected chi connectivity index (χ2v) is 4.83. The molecule has 0 spiro atoms. The molecule has 0 heterocycles. The van der Waals surface area contributed by atoms with Crippen molar-refractivity contribution in [3.63, 3.8) is 0 Å². The van der Waals surface area contributed by atoms with Crippen molar-refractivity contribution in [2.45, 2.75) is 12.8 Å². The van der Waals surface area contributed by atoms with Crippen LogP contribution in [0.1, 0.15) is 22.3 Å². The summed E-state index contributed by atoms with van der Waals surface area (Å²) in [6.45, 7) is 0. The Bertz CT molecular complexity index is 683. The molecule has 0 saturated carbocycles. The third-order valence-corrected chi connectivity index (χ3v) is 3.20. The van der Waals surface area contributed by atoms with Gasteiger partial charge < -0.3 is 15.8 Å². The molecule has 0 aromatic heterocycles. The SMILES string of the molecule is COC(=O)c1ccccc1NC(=O)CCc1cccc(N)c1. The number of nitrogens with one attached hydrogen (secondary N) is 1. The van der Waals surface area contributed by atoms with Crippen LogP contribution in [0.3, 0.4) is 0 Å². The van der Waals surface area contributed by atoms with Crippen LogP contribution in [0.2, 0.25) is 0 Å². The Kier molecular flexibility index (Phi) is 5.14. The largest absolute Gasteiger partial charge is 0.465 e. The van der Waals surface area contributed by atoms with Gasteiger partial charge in [-0.2, -0.15) is 0 Å². The number of hydrogen-bond donors (Lipinski definition) is 2. The lowest BCUT2D eigenvalue weighted by molar-refractivity contribution is -0.116. The number of para-hydroxylation sites is 1. The summed E-state index contributed by atoms with van der Waals surface area (Å²) in [5, 5.41) is 2.74. The van der Waals surface area contributed by atoms with Crippen LogP contribution in [0.4, 0.5) is 11.4 Å². The quantitative estimate of drug-likeness (QED) is 0.656. The first-order valence-electron chi connectivity index (χ1n) is 6.92. The van der Waals surface area contributed by atoms with Gasteiger partial charge in [-0.05, 0) is 36.2 Å². The molecule has 0 bridgehead atoms. The minimum absolute atomic E-state index is 0.168. The fourth-order valence-electron chi connectivity index (χ4n) is 2.10. The van der Waals surface area contributed by atoms with E-state index in [1.807, 2.05) is 18.2 Å². The predicted octanol–water partition coefficient (Wildman–Crippen LogP) is 2.63. The maximum absolute atomic E-state index is 12.0. The fraction of sp³-hybridized carbons (Fsp3) is 0.176. The summed E-state index contributed by atoms with van der Waals surface area (Å²) in [6, 6.07) is 14.2. The van der Waals surface area contributed by atoms with Gasteiger partial charge >= 0.3 is 5.97 Å². The Hall–Kier alpha value is -2.82. The highest BCUT2D eigenvalue weighted by atomic mass is 16.5. The second kappa shape index (κ2) is 7.26. The third-order valence-electron chi connectivity index (χ3n) is 3.20. The van der Waals surface area contributed by atoms with Crippen molar-refractivity contribution in [2.75, 3.05) is 18.2 Å². The van der Waals surface area contributed by atoms with Gasteiger partial charge in [-0.25, -0.2) is 4.79 Å². The Labute approximate surface area is 129 Å². The molecule has 22 heavy (non-hydrogen) atoms. The van der Waals surface area contributed by atoms with E-state index in [4.69, 9.17) is 10.5 Å². The van der Waals surface area contributed by atoms with E-state index in [1.165, 1.54) is 7.11 Å². The van der Waals surface area contributed by atoms with Crippen LogP contribution in [0.5, 0.6) is 0 Å². The third kappa shape index (κ3) is 4.09. The van der Waals surface area contributed by atoms with Crippen molar-refractivity contribution in [1.82, 2.24) is 0 Å². The molecule has 0 unspecified atom stereocenters. The molecule has 3 N–H and O–H groups in total. The number of ether oxygens (including phenoxy) is 1. The molecule has 114 valence electrons. The highest BCUT2D eigenvalue weighted by molar-refractivity contribution is 6.01. The molecule has 1 amide bonds. The van der Waals surface area contributed by atoms with E-state index in [0.717, 1.165) is 5.56 Å². The zero-order valence-corrected chi connectivity index (χ0v) is 12.3. The summed E-state index contributed by atoms with van der Waals surface area (Å²) >= 11 is 0. The van der Waals surface area contributed by atoms with Crippen molar-refractivity contribution in [3.8, 4) is 0 Å². The van der Waals surface area contributed by atoms with Gasteiger partial charge in [0.2, 0.25) is 5.91 Å². The van der Waals surface area contributed by atoms with Gasteiger partial charge in [0.15, 0.2) is 0 Å². The van der Waals surface area contributed by atoms with Crippen LogP contribution in [0, 0.1) is 0 Å². The average molecular weight is 298 g/mol. The zero-order chi connectivity index (χ0) is 15.9. The first-order valence-corrected chi connectivity index (χ1v) is 6.92. The van der Waals surface area contributed by atoms with E-state index in [9.17, 15) is 9.59 Å². The molecule has 0 aliphatic heterocycles. The number of methoxy groups -OCH3 is 1. The molecule has 2 aromatic rings. The van der Waals surface area contributed by atoms with Crippen LogP contribution in [-0.2, 0) is 16.0 Å². The topological polar surface area (TPSA) is 81.4 Å². The molecule has 0 aliphatic carbocycles. The van der Waals surface area contributed by atoms with E-state index >= 15 is 0 Å². The number of benzene rings is 2. The number of amides is 1. The number of esters is 1. The maximum Gasteiger partial charge on any atom is 0.339 e. The molecule has 5 nitrogen and oxygen atoms in total. The van der Waals surface area contributed by atoms with E-state index in [0.29, 0.717) is 29.8 Å². The van der Waals surface area contributed by atoms with E-state index in [1.54, 1.807) is 30.3 Å². The lowest BCUT2D eigenvalue weighted by Gasteiger charge is -2.09. The Balaban J connectivity index is 1.99. The fourth-order valence-corrected chi connectivity index (χ4v) is 2.10. The first kappa shape index (κ1) is 15.6. The maximum atomic E-state index is 12.0. The second-order valence-electron chi connectivity index (χ2n) is 4.83. The highest BCUT2D eigenvalue weighted by Gasteiger charge is 2.13. The van der Waals surface area contributed by atoms with Crippen LogP contribution in [-0.4, -0.2) is 19.0 Å². The van der Waals surface area contributed by atoms with Gasteiger partial charge in [-0.15, -0.1) is 0 Å². The summed E-state index contributed by atoms with van der Waals surface area (Å²) in [5.74, 6) is -0.648. The predicted molar refractivity (Wildman–Crippen MR) is 85.6 cm³/mol. The van der Waals surface area contributed by atoms with Crippen molar-refractivity contribution in [3.05, 3.63) is 59.7 Å². The van der Waals surface area contributed by atoms with Gasteiger partial charge in [0.05, 0.1) is 18.4 Å².